The Labute approximate surface area is 131 Å². The molecule has 5 nitrogen and oxygen atoms in total. The number of hydrogen-bond donors (Lipinski definition) is 1. The predicted molar refractivity (Wildman–Crippen MR) is 85.2 cm³/mol. The minimum atomic E-state index is 0.917. The van der Waals surface area contributed by atoms with E-state index < -0.39 is 0 Å². The zero-order valence-electron chi connectivity index (χ0n) is 13.0. The van der Waals surface area contributed by atoms with E-state index in [-0.39, 0.29) is 0 Å². The first-order valence-electron chi connectivity index (χ1n) is 8.28. The molecule has 0 aliphatic carbocycles. The van der Waals surface area contributed by atoms with Crippen LogP contribution in [0.2, 0.25) is 0 Å². The standard InChI is InChI=1S/C17H23N5/c1-2-7-18-14(5-1)11-22-10-6-15-16(19-20-17(15)13-22)12-21-8-3-4-9-21/h1-2,5,7H,3-4,6,8-13H2,(H,19,20). The number of aromatic amines is 1. The second-order valence-corrected chi connectivity index (χ2v) is 6.39. The molecule has 1 saturated heterocycles. The van der Waals surface area contributed by atoms with E-state index in [1.807, 2.05) is 12.3 Å². The van der Waals surface area contributed by atoms with Crippen molar-refractivity contribution in [1.82, 2.24) is 25.0 Å². The summed E-state index contributed by atoms with van der Waals surface area (Å²) in [6, 6.07) is 6.13. The highest BCUT2D eigenvalue weighted by Crippen LogP contribution is 2.23. The Bertz CT molecular complexity index is 615. The van der Waals surface area contributed by atoms with Gasteiger partial charge in [0.1, 0.15) is 0 Å². The number of likely N-dealkylation sites (tertiary alicyclic amines) is 1. The topological polar surface area (TPSA) is 48.0 Å². The first kappa shape index (κ1) is 13.9. The van der Waals surface area contributed by atoms with Crippen LogP contribution < -0.4 is 0 Å². The van der Waals surface area contributed by atoms with Gasteiger partial charge < -0.3 is 0 Å². The molecule has 0 saturated carbocycles. The van der Waals surface area contributed by atoms with Gasteiger partial charge in [-0.3, -0.25) is 19.9 Å². The van der Waals surface area contributed by atoms with E-state index in [1.54, 1.807) is 0 Å². The minimum absolute atomic E-state index is 0.917. The summed E-state index contributed by atoms with van der Waals surface area (Å²) in [5.41, 5.74) is 5.18. The number of aromatic nitrogens is 3. The first-order chi connectivity index (χ1) is 10.9. The fourth-order valence-electron chi connectivity index (χ4n) is 3.58. The quantitative estimate of drug-likeness (QED) is 0.937. The van der Waals surface area contributed by atoms with Gasteiger partial charge in [-0.2, -0.15) is 5.10 Å². The lowest BCUT2D eigenvalue weighted by atomic mass is 10.0. The molecular formula is C17H23N5. The van der Waals surface area contributed by atoms with Crippen LogP contribution in [0.5, 0.6) is 0 Å². The van der Waals surface area contributed by atoms with Crippen LogP contribution in [-0.4, -0.2) is 44.6 Å². The fraction of sp³-hybridized carbons (Fsp3) is 0.529. The van der Waals surface area contributed by atoms with Gasteiger partial charge in [-0.05, 0) is 44.5 Å². The molecule has 22 heavy (non-hydrogen) atoms. The molecule has 0 bridgehead atoms. The van der Waals surface area contributed by atoms with Crippen molar-refractivity contribution in [2.45, 2.75) is 38.9 Å². The normalized spacial score (nSPS) is 19.5. The van der Waals surface area contributed by atoms with Gasteiger partial charge in [0.05, 0.1) is 17.1 Å². The molecule has 116 valence electrons. The molecule has 2 aromatic rings. The van der Waals surface area contributed by atoms with Gasteiger partial charge >= 0.3 is 0 Å². The van der Waals surface area contributed by atoms with Gasteiger partial charge in [0, 0.05) is 37.9 Å². The summed E-state index contributed by atoms with van der Waals surface area (Å²) >= 11 is 0. The summed E-state index contributed by atoms with van der Waals surface area (Å²) in [6.45, 7) is 6.45. The number of nitrogens with zero attached hydrogens (tertiary/aromatic N) is 4. The van der Waals surface area contributed by atoms with Gasteiger partial charge in [0.15, 0.2) is 0 Å². The molecule has 2 aliphatic heterocycles. The van der Waals surface area contributed by atoms with E-state index in [0.29, 0.717) is 0 Å². The number of rotatable bonds is 4. The van der Waals surface area contributed by atoms with E-state index in [1.165, 1.54) is 42.9 Å². The Morgan fingerprint density at radius 2 is 1.95 bits per heavy atom. The molecule has 0 radical (unpaired) electrons. The summed E-state index contributed by atoms with van der Waals surface area (Å²) in [4.78, 5) is 9.40. The SMILES string of the molecule is c1ccc(CN2CCc3c(CN4CCCC4)n[nH]c3C2)nc1. The van der Waals surface area contributed by atoms with Gasteiger partial charge in [0.25, 0.3) is 0 Å². The van der Waals surface area contributed by atoms with Crippen molar-refractivity contribution in [3.63, 3.8) is 0 Å². The maximum Gasteiger partial charge on any atom is 0.0798 e. The highest BCUT2D eigenvalue weighted by atomic mass is 15.2. The molecule has 1 fully saturated rings. The summed E-state index contributed by atoms with van der Waals surface area (Å²) in [5.74, 6) is 0. The average Bonchev–Trinajstić information content (AvgIpc) is 3.19. The van der Waals surface area contributed by atoms with Crippen molar-refractivity contribution in [3.05, 3.63) is 47.0 Å². The van der Waals surface area contributed by atoms with Crippen molar-refractivity contribution in [3.8, 4) is 0 Å². The molecule has 4 rings (SSSR count). The van der Waals surface area contributed by atoms with Crippen molar-refractivity contribution < 1.29 is 0 Å². The maximum atomic E-state index is 4.59. The molecule has 4 heterocycles. The molecule has 0 unspecified atom stereocenters. The van der Waals surface area contributed by atoms with Gasteiger partial charge in [0.2, 0.25) is 0 Å². The van der Waals surface area contributed by atoms with Crippen LogP contribution in [0, 0.1) is 0 Å². The lowest BCUT2D eigenvalue weighted by Crippen LogP contribution is -2.30. The molecule has 1 N–H and O–H groups in total. The summed E-state index contributed by atoms with van der Waals surface area (Å²) < 4.78 is 0. The Balaban J connectivity index is 1.42. The predicted octanol–water partition coefficient (Wildman–Crippen LogP) is 1.96. The second kappa shape index (κ2) is 6.18. The molecule has 0 amide bonds. The number of H-pyrrole nitrogens is 1. The van der Waals surface area contributed by atoms with Crippen LogP contribution >= 0.6 is 0 Å². The summed E-state index contributed by atoms with van der Waals surface area (Å²) in [7, 11) is 0. The first-order valence-corrected chi connectivity index (χ1v) is 8.28. The van der Waals surface area contributed by atoms with Crippen LogP contribution in [0.3, 0.4) is 0 Å². The third-order valence-corrected chi connectivity index (χ3v) is 4.78. The van der Waals surface area contributed by atoms with E-state index in [2.05, 4.69) is 37.1 Å². The maximum absolute atomic E-state index is 4.59. The van der Waals surface area contributed by atoms with Crippen LogP contribution in [0.25, 0.3) is 0 Å². The smallest absolute Gasteiger partial charge is 0.0798 e. The lowest BCUT2D eigenvalue weighted by Gasteiger charge is -2.26. The van der Waals surface area contributed by atoms with E-state index >= 15 is 0 Å². The molecule has 0 atom stereocenters. The van der Waals surface area contributed by atoms with Gasteiger partial charge in [-0.1, -0.05) is 6.07 Å². The summed E-state index contributed by atoms with van der Waals surface area (Å²) in [5, 5.41) is 7.87. The van der Waals surface area contributed by atoms with E-state index in [4.69, 9.17) is 0 Å². The van der Waals surface area contributed by atoms with Crippen LogP contribution in [-0.2, 0) is 26.1 Å². The molecule has 0 aromatic carbocycles. The second-order valence-electron chi connectivity index (χ2n) is 6.39. The zero-order valence-corrected chi connectivity index (χ0v) is 13.0. The number of pyridine rings is 1. The Morgan fingerprint density at radius 3 is 2.77 bits per heavy atom. The monoisotopic (exact) mass is 297 g/mol. The van der Waals surface area contributed by atoms with E-state index in [0.717, 1.165) is 38.3 Å². The van der Waals surface area contributed by atoms with Crippen molar-refractivity contribution in [2.75, 3.05) is 19.6 Å². The number of nitrogens with one attached hydrogen (secondary N) is 1. The third kappa shape index (κ3) is 2.91. The molecular weight excluding hydrogens is 274 g/mol. The highest BCUT2D eigenvalue weighted by Gasteiger charge is 2.23. The van der Waals surface area contributed by atoms with Crippen molar-refractivity contribution in [1.29, 1.82) is 0 Å². The van der Waals surface area contributed by atoms with Crippen LogP contribution in [0.15, 0.2) is 24.4 Å². The Morgan fingerprint density at radius 1 is 1.05 bits per heavy atom. The van der Waals surface area contributed by atoms with Gasteiger partial charge in [-0.25, -0.2) is 0 Å². The largest absolute Gasteiger partial charge is 0.297 e. The number of hydrogen-bond acceptors (Lipinski definition) is 4. The van der Waals surface area contributed by atoms with Crippen molar-refractivity contribution >= 4 is 0 Å². The molecule has 2 aliphatic rings. The third-order valence-electron chi connectivity index (χ3n) is 4.78. The summed E-state index contributed by atoms with van der Waals surface area (Å²) in [6.07, 6.45) is 5.64. The minimum Gasteiger partial charge on any atom is -0.297 e. The van der Waals surface area contributed by atoms with Crippen molar-refractivity contribution in [2.24, 2.45) is 0 Å². The molecule has 2 aromatic heterocycles. The van der Waals surface area contributed by atoms with Crippen LogP contribution in [0.4, 0.5) is 0 Å². The fourth-order valence-corrected chi connectivity index (χ4v) is 3.58. The highest BCUT2D eigenvalue weighted by molar-refractivity contribution is 5.28. The van der Waals surface area contributed by atoms with E-state index in [9.17, 15) is 0 Å². The molecule has 5 heteroatoms. The zero-order chi connectivity index (χ0) is 14.8. The molecule has 0 spiro atoms. The number of fused-ring (bicyclic) bond motifs is 1. The van der Waals surface area contributed by atoms with Gasteiger partial charge in [-0.15, -0.1) is 0 Å². The Kier molecular flexibility index (Phi) is 3.91. The Hall–Kier alpha value is -1.72. The van der Waals surface area contributed by atoms with Crippen LogP contribution in [0.1, 0.15) is 35.5 Å². The lowest BCUT2D eigenvalue weighted by molar-refractivity contribution is 0.239. The average molecular weight is 297 g/mol.